The van der Waals surface area contributed by atoms with Gasteiger partial charge in [0.2, 0.25) is 5.91 Å². The van der Waals surface area contributed by atoms with Gasteiger partial charge in [-0.25, -0.2) is 4.39 Å². The number of nitrogen functional groups attached to an aromatic ring is 1. The van der Waals surface area contributed by atoms with Crippen LogP contribution in [-0.2, 0) is 4.79 Å². The predicted molar refractivity (Wildman–Crippen MR) is 156 cm³/mol. The molecule has 1 aliphatic carbocycles. The van der Waals surface area contributed by atoms with Gasteiger partial charge in [-0.2, -0.15) is 4.37 Å². The number of halogens is 2. The van der Waals surface area contributed by atoms with E-state index in [0.29, 0.717) is 10.6 Å². The van der Waals surface area contributed by atoms with E-state index < -0.39 is 35.1 Å². The number of aromatic nitrogens is 1. The molecular weight excluding hydrogens is 553 g/mol. The molecule has 1 heterocycles. The fourth-order valence-electron chi connectivity index (χ4n) is 4.74. The highest BCUT2D eigenvalue weighted by Crippen LogP contribution is 2.35. The molecule has 3 aromatic rings. The Labute approximate surface area is 242 Å². The second kappa shape index (κ2) is 12.3. The molecule has 0 saturated heterocycles. The van der Waals surface area contributed by atoms with Crippen molar-refractivity contribution in [2.24, 2.45) is 0 Å². The highest BCUT2D eigenvalue weighted by Gasteiger charge is 2.38. The Bertz CT molecular complexity index is 1380. The van der Waals surface area contributed by atoms with Crippen LogP contribution < -0.4 is 21.3 Å². The van der Waals surface area contributed by atoms with Crippen LogP contribution in [0.15, 0.2) is 48.5 Å². The van der Waals surface area contributed by atoms with Crippen molar-refractivity contribution in [1.29, 1.82) is 0 Å². The summed E-state index contributed by atoms with van der Waals surface area (Å²) in [6.45, 7) is 5.41. The summed E-state index contributed by atoms with van der Waals surface area (Å²) in [5.74, 6) is -2.47. The summed E-state index contributed by atoms with van der Waals surface area (Å²) in [6, 6.07) is 10.8. The minimum absolute atomic E-state index is 0.0202. The summed E-state index contributed by atoms with van der Waals surface area (Å²) >= 11 is 6.84. The van der Waals surface area contributed by atoms with Gasteiger partial charge in [-0.15, -0.1) is 0 Å². The van der Waals surface area contributed by atoms with Gasteiger partial charge in [0.1, 0.15) is 16.7 Å². The van der Waals surface area contributed by atoms with Gasteiger partial charge < -0.3 is 16.4 Å². The molecule has 0 aliphatic heterocycles. The molecule has 1 fully saturated rings. The second-order valence-electron chi connectivity index (χ2n) is 10.9. The third-order valence-electron chi connectivity index (χ3n) is 6.60. The van der Waals surface area contributed by atoms with E-state index in [4.69, 9.17) is 17.3 Å². The summed E-state index contributed by atoms with van der Waals surface area (Å²) < 4.78 is 19.5. The van der Waals surface area contributed by atoms with Crippen LogP contribution in [0.1, 0.15) is 84.6 Å². The molecule has 2 aromatic carbocycles. The van der Waals surface area contributed by atoms with E-state index in [-0.39, 0.29) is 28.0 Å². The molecule has 8 nitrogen and oxygen atoms in total. The van der Waals surface area contributed by atoms with Crippen LogP contribution in [0.2, 0.25) is 5.02 Å². The molecule has 4 N–H and O–H groups in total. The lowest BCUT2D eigenvalue weighted by Gasteiger charge is -2.33. The molecule has 40 heavy (non-hydrogen) atoms. The Kier molecular flexibility index (Phi) is 9.10. The van der Waals surface area contributed by atoms with Crippen molar-refractivity contribution < 1.29 is 18.8 Å². The van der Waals surface area contributed by atoms with Crippen LogP contribution in [-0.4, -0.2) is 33.7 Å². The third-order valence-corrected chi connectivity index (χ3v) is 7.70. The van der Waals surface area contributed by atoms with Gasteiger partial charge in [0.05, 0.1) is 11.4 Å². The van der Waals surface area contributed by atoms with Crippen LogP contribution in [0.3, 0.4) is 0 Å². The van der Waals surface area contributed by atoms with E-state index in [1.807, 2.05) is 0 Å². The van der Waals surface area contributed by atoms with Crippen molar-refractivity contribution in [2.45, 2.75) is 70.5 Å². The smallest absolute Gasteiger partial charge is 0.273 e. The van der Waals surface area contributed by atoms with Crippen LogP contribution in [0.4, 0.5) is 15.8 Å². The van der Waals surface area contributed by atoms with Crippen LogP contribution in [0, 0.1) is 5.82 Å². The maximum Gasteiger partial charge on any atom is 0.273 e. The zero-order valence-corrected chi connectivity index (χ0v) is 24.2. The molecule has 4 rings (SSSR count). The zero-order chi connectivity index (χ0) is 29.0. The lowest BCUT2D eigenvalue weighted by atomic mass is 9.95. The van der Waals surface area contributed by atoms with Gasteiger partial charge in [-0.1, -0.05) is 55.1 Å². The summed E-state index contributed by atoms with van der Waals surface area (Å²) in [7, 11) is 0. The summed E-state index contributed by atoms with van der Waals surface area (Å²) in [4.78, 5) is 42.0. The summed E-state index contributed by atoms with van der Waals surface area (Å²) in [6.07, 6.45) is 4.93. The van der Waals surface area contributed by atoms with Gasteiger partial charge in [0, 0.05) is 16.6 Å². The molecule has 212 valence electrons. The molecule has 11 heteroatoms. The van der Waals surface area contributed by atoms with E-state index in [2.05, 4.69) is 15.0 Å². The Hall–Kier alpha value is -3.50. The number of hydrogen-bond donors (Lipinski definition) is 3. The van der Waals surface area contributed by atoms with Crippen molar-refractivity contribution in [3.05, 3.63) is 75.5 Å². The van der Waals surface area contributed by atoms with E-state index in [0.717, 1.165) is 48.5 Å². The van der Waals surface area contributed by atoms with E-state index in [1.54, 1.807) is 51.1 Å². The molecule has 1 saturated carbocycles. The topological polar surface area (TPSA) is 117 Å². The number of hydrogen-bond acceptors (Lipinski definition) is 6. The molecule has 0 radical (unpaired) electrons. The van der Waals surface area contributed by atoms with Crippen LogP contribution >= 0.6 is 23.1 Å². The number of benzene rings is 2. The van der Waals surface area contributed by atoms with Crippen molar-refractivity contribution in [2.75, 3.05) is 10.6 Å². The van der Waals surface area contributed by atoms with Crippen LogP contribution in [0.25, 0.3) is 0 Å². The molecule has 1 atom stereocenters. The van der Waals surface area contributed by atoms with E-state index >= 15 is 4.39 Å². The number of carbonyl (C=O) groups excluding carboxylic acids is 3. The molecule has 1 aromatic heterocycles. The Morgan fingerprint density at radius 2 is 1.73 bits per heavy atom. The molecule has 1 aliphatic rings. The fourth-order valence-corrected chi connectivity index (χ4v) is 5.60. The van der Waals surface area contributed by atoms with Gasteiger partial charge in [0.15, 0.2) is 5.69 Å². The van der Waals surface area contributed by atoms with Gasteiger partial charge in [0.25, 0.3) is 11.8 Å². The number of rotatable bonds is 7. The van der Waals surface area contributed by atoms with Crippen molar-refractivity contribution in [1.82, 2.24) is 15.0 Å². The SMILES string of the molecule is CC(C)(C)NC(=O)C(c1ccc(Cl)cc1)N(C(=O)c1snc(C(=O)NC2CCCCC2)c1N)c1ccccc1F. The van der Waals surface area contributed by atoms with Gasteiger partial charge in [-0.05, 0) is 75.0 Å². The average molecular weight is 586 g/mol. The van der Waals surface area contributed by atoms with Crippen molar-refractivity contribution in [3.63, 3.8) is 0 Å². The van der Waals surface area contributed by atoms with Crippen molar-refractivity contribution in [3.8, 4) is 0 Å². The monoisotopic (exact) mass is 585 g/mol. The number of carbonyl (C=O) groups is 3. The predicted octanol–water partition coefficient (Wildman–Crippen LogP) is 5.88. The first-order valence-electron chi connectivity index (χ1n) is 13.2. The molecular formula is C29H33ClFN5O3S. The lowest BCUT2D eigenvalue weighted by Crippen LogP contribution is -2.49. The lowest BCUT2D eigenvalue weighted by molar-refractivity contribution is -0.123. The van der Waals surface area contributed by atoms with Crippen LogP contribution in [0.5, 0.6) is 0 Å². The minimum atomic E-state index is -1.29. The standard InChI is InChI=1S/C29H33ClFN5O3S/c1-29(2,3)34-27(38)24(17-13-15-18(30)16-14-17)36(21-12-8-7-11-20(21)31)28(39)25-22(32)23(35-40-25)26(37)33-19-9-5-4-6-10-19/h7-8,11-16,19,24H,4-6,9-10,32H2,1-3H3,(H,33,37)(H,34,38). The zero-order valence-electron chi connectivity index (χ0n) is 22.7. The van der Waals surface area contributed by atoms with E-state index in [1.165, 1.54) is 18.2 Å². The highest BCUT2D eigenvalue weighted by molar-refractivity contribution is 7.09. The first-order valence-corrected chi connectivity index (χ1v) is 14.3. The number of nitrogens with two attached hydrogens (primary N) is 1. The first kappa shape index (κ1) is 29.5. The van der Waals surface area contributed by atoms with Gasteiger partial charge >= 0.3 is 0 Å². The molecule has 1 unspecified atom stereocenters. The number of nitrogens with one attached hydrogen (secondary N) is 2. The van der Waals surface area contributed by atoms with Crippen molar-refractivity contribution >= 4 is 52.2 Å². The fraction of sp³-hybridized carbons (Fsp3) is 0.379. The Morgan fingerprint density at radius 3 is 2.35 bits per heavy atom. The Morgan fingerprint density at radius 1 is 1.07 bits per heavy atom. The maximum atomic E-state index is 15.3. The summed E-state index contributed by atoms with van der Waals surface area (Å²) in [5.41, 5.74) is 5.78. The largest absolute Gasteiger partial charge is 0.395 e. The molecule has 0 bridgehead atoms. The average Bonchev–Trinajstić information content (AvgIpc) is 3.29. The summed E-state index contributed by atoms with van der Waals surface area (Å²) in [5, 5.41) is 6.29. The minimum Gasteiger partial charge on any atom is -0.395 e. The quantitative estimate of drug-likeness (QED) is 0.320. The number of amides is 3. The second-order valence-corrected chi connectivity index (χ2v) is 12.1. The normalized spacial score (nSPS) is 14.8. The maximum absolute atomic E-state index is 15.3. The number of nitrogens with zero attached hydrogens (tertiary/aromatic N) is 2. The van der Waals surface area contributed by atoms with E-state index in [9.17, 15) is 14.4 Å². The molecule has 3 amide bonds. The molecule has 0 spiro atoms. The third kappa shape index (κ3) is 6.79. The highest BCUT2D eigenvalue weighted by atomic mass is 35.5. The Balaban J connectivity index is 1.78. The number of anilines is 2. The first-order chi connectivity index (χ1) is 19.0. The number of para-hydroxylation sites is 1. The van der Waals surface area contributed by atoms with Gasteiger partial charge in [-0.3, -0.25) is 19.3 Å².